The molecule has 0 aromatic carbocycles. The molecule has 1 atom stereocenters. The molecule has 0 saturated carbocycles. The number of rotatable bonds is 5. The first-order valence-corrected chi connectivity index (χ1v) is 5.58. The maximum Gasteiger partial charge on any atom is 0.291 e. The van der Waals surface area contributed by atoms with Crippen molar-refractivity contribution >= 4 is 11.5 Å². The zero-order valence-electron chi connectivity index (χ0n) is 10.8. The summed E-state index contributed by atoms with van der Waals surface area (Å²) in [5.74, 6) is -0.544. The summed E-state index contributed by atoms with van der Waals surface area (Å²) >= 11 is 0. The number of hydrogen-bond acceptors (Lipinski definition) is 5. The number of methoxy groups -OCH3 is 1. The van der Waals surface area contributed by atoms with Crippen LogP contribution in [-0.4, -0.2) is 22.8 Å². The standard InChI is InChI=1S/C12H16N2O4/c1-7(2)11(8(3)15)12-9(14(16)17)5-6-10(13-12)18-4/h5-7,11H,1-4H3. The molecular formula is C12H16N2O4. The highest BCUT2D eigenvalue weighted by Gasteiger charge is 2.30. The van der Waals surface area contributed by atoms with Gasteiger partial charge in [0, 0.05) is 12.1 Å². The molecule has 1 aromatic heterocycles. The molecular weight excluding hydrogens is 236 g/mol. The number of carbonyl (C=O) groups is 1. The van der Waals surface area contributed by atoms with Crippen molar-refractivity contribution in [2.45, 2.75) is 26.7 Å². The maximum absolute atomic E-state index is 11.7. The van der Waals surface area contributed by atoms with Gasteiger partial charge >= 0.3 is 0 Å². The first kappa shape index (κ1) is 14.1. The van der Waals surface area contributed by atoms with Crippen LogP contribution < -0.4 is 4.74 Å². The Morgan fingerprint density at radius 1 is 1.44 bits per heavy atom. The molecule has 18 heavy (non-hydrogen) atoms. The van der Waals surface area contributed by atoms with E-state index in [2.05, 4.69) is 4.98 Å². The fourth-order valence-electron chi connectivity index (χ4n) is 1.92. The van der Waals surface area contributed by atoms with Crippen LogP contribution in [0.4, 0.5) is 5.69 Å². The van der Waals surface area contributed by atoms with E-state index in [4.69, 9.17) is 4.74 Å². The third kappa shape index (κ3) is 2.82. The van der Waals surface area contributed by atoms with Crippen molar-refractivity contribution in [2.24, 2.45) is 5.92 Å². The summed E-state index contributed by atoms with van der Waals surface area (Å²) in [5.41, 5.74) is 0.0200. The number of hydrogen-bond donors (Lipinski definition) is 0. The van der Waals surface area contributed by atoms with Gasteiger partial charge in [0.2, 0.25) is 5.88 Å². The molecule has 1 rings (SSSR count). The molecule has 0 spiro atoms. The Bertz CT molecular complexity index is 471. The Hall–Kier alpha value is -1.98. The van der Waals surface area contributed by atoms with Gasteiger partial charge < -0.3 is 4.74 Å². The van der Waals surface area contributed by atoms with E-state index in [1.807, 2.05) is 13.8 Å². The van der Waals surface area contributed by atoms with Gasteiger partial charge in [-0.05, 0) is 12.8 Å². The van der Waals surface area contributed by atoms with E-state index in [9.17, 15) is 14.9 Å². The molecule has 0 fully saturated rings. The van der Waals surface area contributed by atoms with Crippen LogP contribution in [0, 0.1) is 16.0 Å². The van der Waals surface area contributed by atoms with Crippen molar-refractivity contribution in [3.63, 3.8) is 0 Å². The molecule has 0 N–H and O–H groups in total. The predicted octanol–water partition coefficient (Wildman–Crippen LogP) is 2.33. The van der Waals surface area contributed by atoms with Gasteiger partial charge in [-0.3, -0.25) is 14.9 Å². The van der Waals surface area contributed by atoms with Crippen molar-refractivity contribution in [2.75, 3.05) is 7.11 Å². The number of pyridine rings is 1. The summed E-state index contributed by atoms with van der Waals surface area (Å²) in [4.78, 5) is 26.2. The molecule has 1 unspecified atom stereocenters. The minimum absolute atomic E-state index is 0.0687. The van der Waals surface area contributed by atoms with E-state index in [1.54, 1.807) is 0 Å². The quantitative estimate of drug-likeness (QED) is 0.593. The molecule has 1 aromatic rings. The zero-order valence-corrected chi connectivity index (χ0v) is 10.8. The zero-order chi connectivity index (χ0) is 13.9. The average Bonchev–Trinajstić information content (AvgIpc) is 2.27. The van der Waals surface area contributed by atoms with E-state index < -0.39 is 10.8 Å². The van der Waals surface area contributed by atoms with E-state index >= 15 is 0 Å². The Kier molecular flexibility index (Phi) is 4.36. The normalized spacial score (nSPS) is 12.3. The summed E-state index contributed by atoms with van der Waals surface area (Å²) in [6.45, 7) is 5.07. The number of aromatic nitrogens is 1. The predicted molar refractivity (Wildman–Crippen MR) is 65.7 cm³/mol. The molecule has 0 aliphatic carbocycles. The van der Waals surface area contributed by atoms with E-state index in [1.165, 1.54) is 26.2 Å². The average molecular weight is 252 g/mol. The van der Waals surface area contributed by atoms with Gasteiger partial charge in [-0.25, -0.2) is 4.98 Å². The Morgan fingerprint density at radius 3 is 2.44 bits per heavy atom. The van der Waals surface area contributed by atoms with E-state index in [-0.39, 0.29) is 29.0 Å². The molecule has 0 bridgehead atoms. The number of carbonyl (C=O) groups excluding carboxylic acids is 1. The van der Waals surface area contributed by atoms with Crippen LogP contribution in [0.15, 0.2) is 12.1 Å². The molecule has 0 aliphatic heterocycles. The lowest BCUT2D eigenvalue weighted by Gasteiger charge is -2.17. The van der Waals surface area contributed by atoms with E-state index in [0.717, 1.165) is 0 Å². The molecule has 6 nitrogen and oxygen atoms in total. The van der Waals surface area contributed by atoms with Crippen molar-refractivity contribution in [3.8, 4) is 5.88 Å². The van der Waals surface area contributed by atoms with Crippen molar-refractivity contribution in [1.82, 2.24) is 4.98 Å². The summed E-state index contributed by atoms with van der Waals surface area (Å²) in [7, 11) is 1.43. The van der Waals surface area contributed by atoms with Crippen molar-refractivity contribution < 1.29 is 14.5 Å². The van der Waals surface area contributed by atoms with Crippen LogP contribution in [0.2, 0.25) is 0 Å². The highest BCUT2D eigenvalue weighted by Crippen LogP contribution is 2.32. The number of nitrogens with zero attached hydrogens (tertiary/aromatic N) is 2. The molecule has 0 saturated heterocycles. The topological polar surface area (TPSA) is 82.3 Å². The molecule has 6 heteroatoms. The highest BCUT2D eigenvalue weighted by molar-refractivity contribution is 5.84. The Labute approximate surface area is 105 Å². The number of ether oxygens (including phenoxy) is 1. The minimum Gasteiger partial charge on any atom is -0.481 e. The number of ketones is 1. The van der Waals surface area contributed by atoms with Gasteiger partial charge in [0.05, 0.1) is 18.0 Å². The monoisotopic (exact) mass is 252 g/mol. The second-order valence-corrected chi connectivity index (χ2v) is 4.35. The van der Waals surface area contributed by atoms with Crippen LogP contribution in [0.1, 0.15) is 32.4 Å². The lowest BCUT2D eigenvalue weighted by Crippen LogP contribution is -2.18. The molecule has 1 heterocycles. The van der Waals surface area contributed by atoms with Crippen LogP contribution in [0.25, 0.3) is 0 Å². The second kappa shape index (κ2) is 5.57. The summed E-state index contributed by atoms with van der Waals surface area (Å²) in [5, 5.41) is 11.0. The second-order valence-electron chi connectivity index (χ2n) is 4.35. The van der Waals surface area contributed by atoms with Crippen molar-refractivity contribution in [3.05, 3.63) is 27.9 Å². The Morgan fingerprint density at radius 2 is 2.06 bits per heavy atom. The fraction of sp³-hybridized carbons (Fsp3) is 0.500. The van der Waals surface area contributed by atoms with Crippen LogP contribution in [0.5, 0.6) is 5.88 Å². The number of Topliss-reactive ketones (excluding diaryl/α,β-unsaturated/α-hetero) is 1. The first-order chi connectivity index (χ1) is 8.38. The smallest absolute Gasteiger partial charge is 0.291 e. The van der Waals surface area contributed by atoms with E-state index in [0.29, 0.717) is 0 Å². The van der Waals surface area contributed by atoms with Gasteiger partial charge in [0.1, 0.15) is 11.5 Å². The number of nitro groups is 1. The van der Waals surface area contributed by atoms with Crippen molar-refractivity contribution in [1.29, 1.82) is 0 Å². The maximum atomic E-state index is 11.7. The van der Waals surface area contributed by atoms with Gasteiger partial charge in [-0.15, -0.1) is 0 Å². The first-order valence-electron chi connectivity index (χ1n) is 5.58. The molecule has 0 aliphatic rings. The third-order valence-electron chi connectivity index (χ3n) is 2.68. The van der Waals surface area contributed by atoms with Crippen LogP contribution >= 0.6 is 0 Å². The lowest BCUT2D eigenvalue weighted by atomic mass is 9.88. The largest absolute Gasteiger partial charge is 0.481 e. The molecule has 0 amide bonds. The van der Waals surface area contributed by atoms with Gasteiger partial charge in [0.15, 0.2) is 0 Å². The molecule has 0 radical (unpaired) electrons. The highest BCUT2D eigenvalue weighted by atomic mass is 16.6. The third-order valence-corrected chi connectivity index (χ3v) is 2.68. The minimum atomic E-state index is -0.597. The lowest BCUT2D eigenvalue weighted by molar-refractivity contribution is -0.386. The van der Waals surface area contributed by atoms with Crippen LogP contribution in [0.3, 0.4) is 0 Å². The van der Waals surface area contributed by atoms with Crippen LogP contribution in [-0.2, 0) is 4.79 Å². The molecule has 98 valence electrons. The summed E-state index contributed by atoms with van der Waals surface area (Å²) in [6.07, 6.45) is 0. The summed E-state index contributed by atoms with van der Waals surface area (Å²) in [6, 6.07) is 2.73. The fourth-order valence-corrected chi connectivity index (χ4v) is 1.92. The Balaban J connectivity index is 3.41. The van der Waals surface area contributed by atoms with Gasteiger partial charge in [-0.1, -0.05) is 13.8 Å². The van der Waals surface area contributed by atoms with Gasteiger partial charge in [0.25, 0.3) is 5.69 Å². The SMILES string of the molecule is COc1ccc([N+](=O)[O-])c(C(C(C)=O)C(C)C)n1. The van der Waals surface area contributed by atoms with Gasteiger partial charge in [-0.2, -0.15) is 0 Å². The summed E-state index contributed by atoms with van der Waals surface area (Å²) < 4.78 is 4.95.